The zero-order valence-electron chi connectivity index (χ0n) is 8.29. The predicted molar refractivity (Wildman–Crippen MR) is 49.7 cm³/mol. The summed E-state index contributed by atoms with van der Waals surface area (Å²) in [6.45, 7) is -1.23. The molecule has 0 unspecified atom stereocenters. The Morgan fingerprint density at radius 1 is 1.56 bits per heavy atom. The Kier molecular flexibility index (Phi) is 6.16. The number of rotatable bonds is 3. The van der Waals surface area contributed by atoms with E-state index in [1.54, 1.807) is 6.20 Å². The van der Waals surface area contributed by atoms with Gasteiger partial charge < -0.3 is 15.8 Å². The van der Waals surface area contributed by atoms with E-state index < -0.39 is 18.7 Å². The van der Waals surface area contributed by atoms with Crippen LogP contribution in [0.2, 0.25) is 0 Å². The Labute approximate surface area is 89.5 Å². The van der Waals surface area contributed by atoms with Crippen molar-refractivity contribution in [1.29, 1.82) is 0 Å². The minimum absolute atomic E-state index is 0.155. The molecule has 0 radical (unpaired) electrons. The number of carbonyl (C=O) groups is 1. The molecule has 92 valence electrons. The Bertz CT molecular complexity index is 298. The van der Waals surface area contributed by atoms with Gasteiger partial charge in [-0.3, -0.25) is 4.79 Å². The smallest absolute Gasteiger partial charge is 0.400 e. The van der Waals surface area contributed by atoms with Crippen molar-refractivity contribution < 1.29 is 23.1 Å². The summed E-state index contributed by atoms with van der Waals surface area (Å²) in [5.74, 6) is -0.783. The molecule has 16 heavy (non-hydrogen) atoms. The molecule has 0 saturated heterocycles. The fourth-order valence-corrected chi connectivity index (χ4v) is 0.663. The van der Waals surface area contributed by atoms with E-state index >= 15 is 0 Å². The minimum Gasteiger partial charge on any atom is -0.481 e. The van der Waals surface area contributed by atoms with Crippen LogP contribution in [-0.2, 0) is 11.2 Å². The van der Waals surface area contributed by atoms with Crippen molar-refractivity contribution in [2.45, 2.75) is 19.0 Å². The second-order valence-corrected chi connectivity index (χ2v) is 2.79. The molecule has 0 saturated carbocycles. The van der Waals surface area contributed by atoms with E-state index in [0.717, 1.165) is 5.69 Å². The lowest BCUT2D eigenvalue weighted by Gasteiger charge is -1.96. The third-order valence-corrected chi connectivity index (χ3v) is 1.39. The summed E-state index contributed by atoms with van der Waals surface area (Å²) in [6.07, 6.45) is -0.336. The maximum Gasteiger partial charge on any atom is 0.400 e. The summed E-state index contributed by atoms with van der Waals surface area (Å²) >= 11 is 0. The minimum atomic E-state index is -4.18. The number of aliphatic carboxylic acids is 1. The Balaban J connectivity index is 0.000000325. The Morgan fingerprint density at radius 3 is 2.44 bits per heavy atom. The van der Waals surface area contributed by atoms with Crippen molar-refractivity contribution >= 4 is 5.97 Å². The molecule has 0 amide bonds. The van der Waals surface area contributed by atoms with E-state index in [0.29, 0.717) is 6.42 Å². The summed E-state index contributed by atoms with van der Waals surface area (Å²) in [7, 11) is 0. The van der Waals surface area contributed by atoms with E-state index in [1.807, 2.05) is 0 Å². The third kappa shape index (κ3) is 9.00. The van der Waals surface area contributed by atoms with Gasteiger partial charge in [0.15, 0.2) is 0 Å². The first-order chi connectivity index (χ1) is 7.35. The van der Waals surface area contributed by atoms with Crippen LogP contribution in [0.3, 0.4) is 0 Å². The number of hydrogen-bond donors (Lipinski definition) is 3. The molecule has 0 aliphatic carbocycles. The summed E-state index contributed by atoms with van der Waals surface area (Å²) in [5.41, 5.74) is 5.04. The first kappa shape index (κ1) is 14.4. The van der Waals surface area contributed by atoms with Gasteiger partial charge in [0.05, 0.1) is 19.3 Å². The molecule has 0 fully saturated rings. The molecule has 0 atom stereocenters. The number of carboxylic acid groups (broad SMARTS) is 1. The van der Waals surface area contributed by atoms with E-state index in [1.165, 1.54) is 6.33 Å². The molecule has 4 N–H and O–H groups in total. The van der Waals surface area contributed by atoms with E-state index in [-0.39, 0.29) is 6.42 Å². The highest BCUT2D eigenvalue weighted by atomic mass is 19.4. The van der Waals surface area contributed by atoms with Crippen LogP contribution in [0, 0.1) is 0 Å². The highest BCUT2D eigenvalue weighted by molar-refractivity contribution is 5.66. The zero-order chi connectivity index (χ0) is 12.6. The number of imidazole rings is 1. The molecule has 8 heteroatoms. The molecular formula is C8H12F3N3O2. The molecule has 0 aromatic carbocycles. The predicted octanol–water partition coefficient (Wildman–Crippen LogP) is 0.934. The van der Waals surface area contributed by atoms with E-state index in [9.17, 15) is 18.0 Å². The number of nitrogens with one attached hydrogen (secondary N) is 1. The monoisotopic (exact) mass is 239 g/mol. The molecule has 5 nitrogen and oxygen atoms in total. The van der Waals surface area contributed by atoms with E-state index in [4.69, 9.17) is 5.11 Å². The maximum absolute atomic E-state index is 10.7. The number of carboxylic acids is 1. The van der Waals surface area contributed by atoms with Crippen molar-refractivity contribution in [3.05, 3.63) is 18.2 Å². The lowest BCUT2D eigenvalue weighted by Crippen LogP contribution is -2.21. The number of aryl methyl sites for hydroxylation is 1. The second-order valence-electron chi connectivity index (χ2n) is 2.79. The van der Waals surface area contributed by atoms with Crippen LogP contribution in [0.1, 0.15) is 12.1 Å². The molecule has 1 rings (SSSR count). The van der Waals surface area contributed by atoms with Crippen LogP contribution >= 0.6 is 0 Å². The van der Waals surface area contributed by atoms with Crippen LogP contribution in [-0.4, -0.2) is 33.8 Å². The molecule has 0 bridgehead atoms. The topological polar surface area (TPSA) is 92.0 Å². The normalized spacial score (nSPS) is 10.5. The first-order valence-electron chi connectivity index (χ1n) is 4.31. The largest absolute Gasteiger partial charge is 0.481 e. The number of H-pyrrole nitrogens is 1. The highest BCUT2D eigenvalue weighted by Crippen LogP contribution is 2.10. The zero-order valence-corrected chi connectivity index (χ0v) is 8.29. The number of nitrogens with two attached hydrogens (primary N) is 1. The summed E-state index contributed by atoms with van der Waals surface area (Å²) in [6, 6.07) is 0. The summed E-state index contributed by atoms with van der Waals surface area (Å²) in [5, 5.41) is 8.28. The lowest BCUT2D eigenvalue weighted by atomic mass is 10.2. The van der Waals surface area contributed by atoms with Gasteiger partial charge >= 0.3 is 12.1 Å². The fraction of sp³-hybridized carbons (Fsp3) is 0.500. The first-order valence-corrected chi connectivity index (χ1v) is 4.31. The maximum atomic E-state index is 10.7. The molecule has 1 aromatic rings. The number of hydrogen-bond acceptors (Lipinski definition) is 3. The summed E-state index contributed by atoms with van der Waals surface area (Å²) < 4.78 is 32.0. The quantitative estimate of drug-likeness (QED) is 0.731. The number of aromatic nitrogens is 2. The molecule has 0 aliphatic heterocycles. The van der Waals surface area contributed by atoms with Gasteiger partial charge in [0.25, 0.3) is 0 Å². The van der Waals surface area contributed by atoms with Crippen molar-refractivity contribution in [2.24, 2.45) is 5.73 Å². The van der Waals surface area contributed by atoms with Crippen molar-refractivity contribution in [3.63, 3.8) is 0 Å². The van der Waals surface area contributed by atoms with Gasteiger partial charge in [0.2, 0.25) is 0 Å². The number of alkyl halides is 3. The molecular weight excluding hydrogens is 227 g/mol. The third-order valence-electron chi connectivity index (χ3n) is 1.39. The average Bonchev–Trinajstić information content (AvgIpc) is 2.67. The Hall–Kier alpha value is -1.57. The number of aromatic amines is 1. The molecule has 1 aromatic heterocycles. The average molecular weight is 239 g/mol. The van der Waals surface area contributed by atoms with Crippen molar-refractivity contribution in [3.8, 4) is 0 Å². The SMILES string of the molecule is NCC(F)(F)F.O=C(O)CCc1cnc[nH]1. The fourth-order valence-electron chi connectivity index (χ4n) is 0.663. The van der Waals surface area contributed by atoms with Gasteiger partial charge in [0, 0.05) is 11.9 Å². The van der Waals surface area contributed by atoms with Gasteiger partial charge in [-0.05, 0) is 6.42 Å². The van der Waals surface area contributed by atoms with Crippen LogP contribution in [0.25, 0.3) is 0 Å². The van der Waals surface area contributed by atoms with Gasteiger partial charge in [-0.15, -0.1) is 0 Å². The number of nitrogens with zero attached hydrogens (tertiary/aromatic N) is 1. The second kappa shape index (κ2) is 6.83. The van der Waals surface area contributed by atoms with Crippen molar-refractivity contribution in [1.82, 2.24) is 9.97 Å². The standard InChI is InChI=1S/C6H8N2O2.C2H4F3N/c9-6(10)2-1-5-3-7-4-8-5;3-2(4,5)1-6/h3-4H,1-2H2,(H,7,8)(H,9,10);1,6H2. The molecule has 0 spiro atoms. The lowest BCUT2D eigenvalue weighted by molar-refractivity contribution is -0.137. The van der Waals surface area contributed by atoms with Crippen molar-refractivity contribution in [2.75, 3.05) is 6.54 Å². The van der Waals surface area contributed by atoms with Gasteiger partial charge in [0.1, 0.15) is 0 Å². The van der Waals surface area contributed by atoms with Crippen LogP contribution in [0.15, 0.2) is 12.5 Å². The van der Waals surface area contributed by atoms with Gasteiger partial charge in [-0.1, -0.05) is 0 Å². The number of halogens is 3. The van der Waals surface area contributed by atoms with Crippen LogP contribution < -0.4 is 5.73 Å². The summed E-state index contributed by atoms with van der Waals surface area (Å²) in [4.78, 5) is 16.6. The molecule has 0 aliphatic rings. The van der Waals surface area contributed by atoms with E-state index in [2.05, 4.69) is 15.7 Å². The highest BCUT2D eigenvalue weighted by Gasteiger charge is 2.23. The van der Waals surface area contributed by atoms with Gasteiger partial charge in [-0.2, -0.15) is 13.2 Å². The molecule has 1 heterocycles. The Morgan fingerprint density at radius 2 is 2.12 bits per heavy atom. The van der Waals surface area contributed by atoms with Crippen LogP contribution in [0.5, 0.6) is 0 Å². The van der Waals surface area contributed by atoms with Crippen LogP contribution in [0.4, 0.5) is 13.2 Å². The van der Waals surface area contributed by atoms with Gasteiger partial charge in [-0.25, -0.2) is 4.98 Å².